The minimum Gasteiger partial charge on any atom is -0.495 e. The van der Waals surface area contributed by atoms with Gasteiger partial charge in [-0.15, -0.1) is 0 Å². The van der Waals surface area contributed by atoms with E-state index in [1.54, 1.807) is 7.11 Å². The van der Waals surface area contributed by atoms with Crippen LogP contribution in [0.25, 0.3) is 0 Å². The fourth-order valence-electron chi connectivity index (χ4n) is 2.70. The Bertz CT molecular complexity index is 436. The van der Waals surface area contributed by atoms with Crippen LogP contribution in [0, 0.1) is 11.8 Å². The van der Waals surface area contributed by atoms with E-state index >= 15 is 0 Å². The van der Waals surface area contributed by atoms with Crippen LogP contribution in [0.4, 0.5) is 5.69 Å². The molecule has 1 saturated heterocycles. The molecule has 1 unspecified atom stereocenters. The standard InChI is InChI=1S/C16H25ClN2O/c1-12(2)9-18-10-13-6-7-19(11-13)15-8-14(17)4-5-16(15)20-3/h4-5,8,12-13,18H,6-7,9-11H2,1-3H3. The van der Waals surface area contributed by atoms with Crippen molar-refractivity contribution >= 4 is 17.3 Å². The fraction of sp³-hybridized carbons (Fsp3) is 0.625. The van der Waals surface area contributed by atoms with E-state index in [2.05, 4.69) is 24.1 Å². The zero-order chi connectivity index (χ0) is 14.5. The molecule has 1 atom stereocenters. The van der Waals surface area contributed by atoms with E-state index in [-0.39, 0.29) is 0 Å². The molecule has 1 aromatic carbocycles. The molecular weight excluding hydrogens is 272 g/mol. The van der Waals surface area contributed by atoms with Crippen LogP contribution in [0.2, 0.25) is 5.02 Å². The molecule has 0 aliphatic carbocycles. The second kappa shape index (κ2) is 7.19. The lowest BCUT2D eigenvalue weighted by molar-refractivity contribution is 0.414. The number of methoxy groups -OCH3 is 1. The second-order valence-electron chi connectivity index (χ2n) is 5.97. The third-order valence-corrected chi connectivity index (χ3v) is 3.99. The maximum absolute atomic E-state index is 6.11. The number of hydrogen-bond acceptors (Lipinski definition) is 3. The van der Waals surface area contributed by atoms with Gasteiger partial charge < -0.3 is 15.0 Å². The number of benzene rings is 1. The van der Waals surface area contributed by atoms with Crippen molar-refractivity contribution in [2.75, 3.05) is 38.2 Å². The fourth-order valence-corrected chi connectivity index (χ4v) is 2.87. The van der Waals surface area contributed by atoms with Gasteiger partial charge in [-0.3, -0.25) is 0 Å². The van der Waals surface area contributed by atoms with Crippen molar-refractivity contribution in [3.05, 3.63) is 23.2 Å². The Balaban J connectivity index is 1.93. The van der Waals surface area contributed by atoms with Gasteiger partial charge in [0.1, 0.15) is 5.75 Å². The molecule has 1 aliphatic rings. The van der Waals surface area contributed by atoms with Crippen LogP contribution in [0.5, 0.6) is 5.75 Å². The predicted octanol–water partition coefficient (Wildman–Crippen LogP) is 3.42. The van der Waals surface area contributed by atoms with Gasteiger partial charge in [-0.2, -0.15) is 0 Å². The van der Waals surface area contributed by atoms with E-state index in [1.807, 2.05) is 18.2 Å². The van der Waals surface area contributed by atoms with Crippen molar-refractivity contribution in [2.24, 2.45) is 11.8 Å². The SMILES string of the molecule is COc1ccc(Cl)cc1N1CCC(CNCC(C)C)C1. The monoisotopic (exact) mass is 296 g/mol. The summed E-state index contributed by atoms with van der Waals surface area (Å²) in [5.74, 6) is 2.32. The van der Waals surface area contributed by atoms with Gasteiger partial charge in [0.05, 0.1) is 12.8 Å². The lowest BCUT2D eigenvalue weighted by Crippen LogP contribution is -2.28. The van der Waals surface area contributed by atoms with E-state index in [1.165, 1.54) is 6.42 Å². The van der Waals surface area contributed by atoms with Gasteiger partial charge in [-0.05, 0) is 49.5 Å². The highest BCUT2D eigenvalue weighted by Gasteiger charge is 2.24. The molecule has 0 aromatic heterocycles. The van der Waals surface area contributed by atoms with Crippen molar-refractivity contribution in [1.82, 2.24) is 5.32 Å². The summed E-state index contributed by atoms with van der Waals surface area (Å²) >= 11 is 6.11. The molecule has 1 aromatic rings. The minimum atomic E-state index is 0.706. The normalized spacial score (nSPS) is 18.9. The van der Waals surface area contributed by atoms with Crippen LogP contribution in [-0.4, -0.2) is 33.3 Å². The van der Waals surface area contributed by atoms with Crippen LogP contribution >= 0.6 is 11.6 Å². The number of hydrogen-bond donors (Lipinski definition) is 1. The summed E-state index contributed by atoms with van der Waals surface area (Å²) in [6.07, 6.45) is 1.22. The summed E-state index contributed by atoms with van der Waals surface area (Å²) in [5.41, 5.74) is 1.12. The highest BCUT2D eigenvalue weighted by Crippen LogP contribution is 2.34. The molecule has 1 aliphatic heterocycles. The third kappa shape index (κ3) is 4.03. The average Bonchev–Trinajstić information content (AvgIpc) is 2.87. The molecule has 1 heterocycles. The molecule has 0 amide bonds. The highest BCUT2D eigenvalue weighted by molar-refractivity contribution is 6.30. The Morgan fingerprint density at radius 3 is 2.95 bits per heavy atom. The number of halogens is 1. The summed E-state index contributed by atoms with van der Waals surface area (Å²) in [6.45, 7) is 8.82. The van der Waals surface area contributed by atoms with Gasteiger partial charge in [0, 0.05) is 18.1 Å². The zero-order valence-corrected chi connectivity index (χ0v) is 13.4. The van der Waals surface area contributed by atoms with Crippen LogP contribution in [0.3, 0.4) is 0 Å². The van der Waals surface area contributed by atoms with E-state index in [0.717, 1.165) is 42.6 Å². The molecule has 0 bridgehead atoms. The minimum absolute atomic E-state index is 0.706. The number of ether oxygens (including phenoxy) is 1. The zero-order valence-electron chi connectivity index (χ0n) is 12.7. The Morgan fingerprint density at radius 2 is 2.25 bits per heavy atom. The first-order chi connectivity index (χ1) is 9.60. The molecule has 112 valence electrons. The molecule has 0 radical (unpaired) electrons. The lowest BCUT2D eigenvalue weighted by Gasteiger charge is -2.22. The summed E-state index contributed by atoms with van der Waals surface area (Å²) in [6, 6.07) is 5.83. The van der Waals surface area contributed by atoms with Crippen LogP contribution in [0.15, 0.2) is 18.2 Å². The smallest absolute Gasteiger partial charge is 0.142 e. The van der Waals surface area contributed by atoms with Crippen LogP contribution < -0.4 is 15.0 Å². The molecule has 0 saturated carbocycles. The van der Waals surface area contributed by atoms with E-state index in [0.29, 0.717) is 11.8 Å². The first kappa shape index (κ1) is 15.5. The van der Waals surface area contributed by atoms with Gasteiger partial charge in [0.15, 0.2) is 0 Å². The van der Waals surface area contributed by atoms with Gasteiger partial charge in [-0.25, -0.2) is 0 Å². The largest absolute Gasteiger partial charge is 0.495 e. The van der Waals surface area contributed by atoms with Crippen molar-refractivity contribution in [1.29, 1.82) is 0 Å². The average molecular weight is 297 g/mol. The van der Waals surface area contributed by atoms with Crippen molar-refractivity contribution in [3.63, 3.8) is 0 Å². The number of nitrogens with zero attached hydrogens (tertiary/aromatic N) is 1. The van der Waals surface area contributed by atoms with Gasteiger partial charge in [0.2, 0.25) is 0 Å². The second-order valence-corrected chi connectivity index (χ2v) is 6.41. The van der Waals surface area contributed by atoms with Gasteiger partial charge in [0.25, 0.3) is 0 Å². The number of rotatable bonds is 6. The van der Waals surface area contributed by atoms with Crippen molar-refractivity contribution in [3.8, 4) is 5.75 Å². The Morgan fingerprint density at radius 1 is 1.45 bits per heavy atom. The topological polar surface area (TPSA) is 24.5 Å². The van der Waals surface area contributed by atoms with Crippen LogP contribution in [0.1, 0.15) is 20.3 Å². The Kier molecular flexibility index (Phi) is 5.55. The number of anilines is 1. The molecule has 2 rings (SSSR count). The van der Waals surface area contributed by atoms with Gasteiger partial charge in [-0.1, -0.05) is 25.4 Å². The highest BCUT2D eigenvalue weighted by atomic mass is 35.5. The summed E-state index contributed by atoms with van der Waals surface area (Å²) < 4.78 is 5.44. The summed E-state index contributed by atoms with van der Waals surface area (Å²) in [7, 11) is 1.71. The lowest BCUT2D eigenvalue weighted by atomic mass is 10.1. The number of nitrogens with one attached hydrogen (secondary N) is 1. The Hall–Kier alpha value is -0.930. The quantitative estimate of drug-likeness (QED) is 0.870. The molecule has 0 spiro atoms. The van der Waals surface area contributed by atoms with E-state index < -0.39 is 0 Å². The molecule has 4 heteroatoms. The third-order valence-electron chi connectivity index (χ3n) is 3.75. The van der Waals surface area contributed by atoms with E-state index in [4.69, 9.17) is 16.3 Å². The summed E-state index contributed by atoms with van der Waals surface area (Å²) in [5, 5.41) is 4.32. The molecular formula is C16H25ClN2O. The maximum atomic E-state index is 6.11. The molecule has 20 heavy (non-hydrogen) atoms. The molecule has 1 fully saturated rings. The Labute approximate surface area is 127 Å². The maximum Gasteiger partial charge on any atom is 0.142 e. The molecule has 3 nitrogen and oxygen atoms in total. The van der Waals surface area contributed by atoms with Crippen molar-refractivity contribution < 1.29 is 4.74 Å². The van der Waals surface area contributed by atoms with Gasteiger partial charge >= 0.3 is 0 Å². The predicted molar refractivity (Wildman–Crippen MR) is 86.0 cm³/mol. The molecule has 1 N–H and O–H groups in total. The van der Waals surface area contributed by atoms with E-state index in [9.17, 15) is 0 Å². The first-order valence-electron chi connectivity index (χ1n) is 7.39. The first-order valence-corrected chi connectivity index (χ1v) is 7.77. The van der Waals surface area contributed by atoms with Crippen LogP contribution in [-0.2, 0) is 0 Å². The van der Waals surface area contributed by atoms with Crippen molar-refractivity contribution in [2.45, 2.75) is 20.3 Å². The summed E-state index contributed by atoms with van der Waals surface area (Å²) in [4.78, 5) is 2.38.